The molecule has 0 saturated heterocycles. The number of fused-ring (bicyclic) bond motifs is 1. The molecular weight excluding hydrogens is 258 g/mol. The summed E-state index contributed by atoms with van der Waals surface area (Å²) < 4.78 is 0. The van der Waals surface area contributed by atoms with E-state index in [1.165, 1.54) is 11.1 Å². The molecule has 0 unspecified atom stereocenters. The molecule has 2 N–H and O–H groups in total. The molecule has 106 valence electrons. The Morgan fingerprint density at radius 2 is 1.81 bits per heavy atom. The van der Waals surface area contributed by atoms with Crippen LogP contribution in [0.15, 0.2) is 54.7 Å². The van der Waals surface area contributed by atoms with E-state index in [0.717, 1.165) is 28.8 Å². The smallest absolute Gasteiger partial charge is 0.136 e. The van der Waals surface area contributed by atoms with Crippen LogP contribution >= 0.6 is 0 Å². The summed E-state index contributed by atoms with van der Waals surface area (Å²) in [5.74, 6) is 0.973. The summed E-state index contributed by atoms with van der Waals surface area (Å²) in [4.78, 5) is 6.75. The third-order valence-corrected chi connectivity index (χ3v) is 3.77. The van der Waals surface area contributed by atoms with Gasteiger partial charge in [-0.3, -0.25) is 0 Å². The largest absolute Gasteiger partial charge is 0.398 e. The number of aryl methyl sites for hydroxylation is 1. The van der Waals surface area contributed by atoms with E-state index in [9.17, 15) is 0 Å². The normalized spacial score (nSPS) is 10.8. The molecule has 0 saturated carbocycles. The van der Waals surface area contributed by atoms with Crippen LogP contribution in [0.2, 0.25) is 0 Å². The molecule has 0 spiro atoms. The second-order valence-electron chi connectivity index (χ2n) is 5.37. The van der Waals surface area contributed by atoms with Gasteiger partial charge in [0.05, 0.1) is 0 Å². The second-order valence-corrected chi connectivity index (χ2v) is 5.37. The zero-order valence-electron chi connectivity index (χ0n) is 12.4. The first-order valence-electron chi connectivity index (χ1n) is 7.05. The fourth-order valence-electron chi connectivity index (χ4n) is 2.69. The van der Waals surface area contributed by atoms with Gasteiger partial charge in [0.25, 0.3) is 0 Å². The monoisotopic (exact) mass is 277 g/mol. The van der Waals surface area contributed by atoms with Crippen LogP contribution in [-0.2, 0) is 6.54 Å². The first kappa shape index (κ1) is 13.4. The Labute approximate surface area is 125 Å². The Morgan fingerprint density at radius 1 is 1.05 bits per heavy atom. The maximum Gasteiger partial charge on any atom is 0.136 e. The molecule has 0 aliphatic heterocycles. The lowest BCUT2D eigenvalue weighted by atomic mass is 10.0. The third kappa shape index (κ3) is 2.55. The molecule has 3 aromatic rings. The Balaban J connectivity index is 2.06. The van der Waals surface area contributed by atoms with Crippen molar-refractivity contribution in [2.45, 2.75) is 13.5 Å². The fraction of sp³-hybridized carbons (Fsp3) is 0.167. The van der Waals surface area contributed by atoms with Crippen molar-refractivity contribution in [1.82, 2.24) is 4.98 Å². The predicted molar refractivity (Wildman–Crippen MR) is 89.4 cm³/mol. The van der Waals surface area contributed by atoms with E-state index in [1.54, 1.807) is 0 Å². The molecule has 0 atom stereocenters. The van der Waals surface area contributed by atoms with Crippen LogP contribution in [0.1, 0.15) is 11.1 Å². The molecular formula is C18H19N3. The SMILES string of the molecule is Cc1ccc(N)c2ccnc(N(C)Cc3ccccc3)c12. The first-order valence-corrected chi connectivity index (χ1v) is 7.05. The van der Waals surface area contributed by atoms with Crippen LogP contribution < -0.4 is 10.6 Å². The van der Waals surface area contributed by atoms with Gasteiger partial charge in [0.2, 0.25) is 0 Å². The van der Waals surface area contributed by atoms with Crippen molar-refractivity contribution in [3.8, 4) is 0 Å². The van der Waals surface area contributed by atoms with Crippen LogP contribution in [0.5, 0.6) is 0 Å². The molecule has 0 amide bonds. The summed E-state index contributed by atoms with van der Waals surface area (Å²) in [7, 11) is 2.07. The summed E-state index contributed by atoms with van der Waals surface area (Å²) in [6.45, 7) is 2.92. The lowest BCUT2D eigenvalue weighted by molar-refractivity contribution is 0.904. The Kier molecular flexibility index (Phi) is 3.48. The van der Waals surface area contributed by atoms with E-state index in [0.29, 0.717) is 0 Å². The highest BCUT2D eigenvalue weighted by molar-refractivity contribution is 6.01. The third-order valence-electron chi connectivity index (χ3n) is 3.77. The molecule has 0 radical (unpaired) electrons. The molecule has 2 aromatic carbocycles. The second kappa shape index (κ2) is 5.44. The van der Waals surface area contributed by atoms with Crippen molar-refractivity contribution >= 4 is 22.3 Å². The van der Waals surface area contributed by atoms with Crippen molar-refractivity contribution in [2.24, 2.45) is 0 Å². The Morgan fingerprint density at radius 3 is 2.57 bits per heavy atom. The quantitative estimate of drug-likeness (QED) is 0.741. The maximum atomic E-state index is 6.10. The summed E-state index contributed by atoms with van der Waals surface area (Å²) in [6, 6.07) is 16.4. The number of nitrogen functional groups attached to an aromatic ring is 1. The van der Waals surface area contributed by atoms with E-state index < -0.39 is 0 Å². The minimum Gasteiger partial charge on any atom is -0.398 e. The van der Waals surface area contributed by atoms with Crippen LogP contribution in [-0.4, -0.2) is 12.0 Å². The number of pyridine rings is 1. The number of hydrogen-bond acceptors (Lipinski definition) is 3. The number of aromatic nitrogens is 1. The average molecular weight is 277 g/mol. The summed E-state index contributed by atoms with van der Waals surface area (Å²) in [5.41, 5.74) is 9.36. The number of anilines is 2. The minimum atomic E-state index is 0.798. The predicted octanol–water partition coefficient (Wildman–Crippen LogP) is 3.76. The van der Waals surface area contributed by atoms with E-state index in [2.05, 4.69) is 54.2 Å². The highest BCUT2D eigenvalue weighted by Gasteiger charge is 2.11. The van der Waals surface area contributed by atoms with Crippen molar-refractivity contribution in [2.75, 3.05) is 17.7 Å². The number of nitrogens with zero attached hydrogens (tertiary/aromatic N) is 2. The van der Waals surface area contributed by atoms with Crippen molar-refractivity contribution in [3.05, 3.63) is 65.9 Å². The summed E-state index contributed by atoms with van der Waals surface area (Å²) in [6.07, 6.45) is 1.83. The minimum absolute atomic E-state index is 0.798. The first-order chi connectivity index (χ1) is 10.2. The summed E-state index contributed by atoms with van der Waals surface area (Å²) in [5, 5.41) is 2.20. The molecule has 3 rings (SSSR count). The number of nitrogens with two attached hydrogens (primary N) is 1. The van der Waals surface area contributed by atoms with E-state index in [4.69, 9.17) is 5.73 Å². The van der Waals surface area contributed by atoms with Gasteiger partial charge in [0, 0.05) is 36.2 Å². The molecule has 21 heavy (non-hydrogen) atoms. The van der Waals surface area contributed by atoms with Crippen molar-refractivity contribution in [1.29, 1.82) is 0 Å². The van der Waals surface area contributed by atoms with Gasteiger partial charge in [-0.2, -0.15) is 0 Å². The molecule has 0 bridgehead atoms. The van der Waals surface area contributed by atoms with Gasteiger partial charge in [-0.1, -0.05) is 36.4 Å². The molecule has 1 aromatic heterocycles. The lowest BCUT2D eigenvalue weighted by Gasteiger charge is -2.21. The van der Waals surface area contributed by atoms with Gasteiger partial charge in [-0.25, -0.2) is 4.98 Å². The van der Waals surface area contributed by atoms with Crippen LogP contribution in [0.4, 0.5) is 11.5 Å². The zero-order valence-corrected chi connectivity index (χ0v) is 12.4. The fourth-order valence-corrected chi connectivity index (χ4v) is 2.69. The Bertz CT molecular complexity index is 766. The van der Waals surface area contributed by atoms with Crippen molar-refractivity contribution in [3.63, 3.8) is 0 Å². The summed E-state index contributed by atoms with van der Waals surface area (Å²) >= 11 is 0. The number of benzene rings is 2. The standard InChI is InChI=1S/C18H19N3/c1-13-8-9-16(19)15-10-11-20-18(17(13)15)21(2)12-14-6-4-3-5-7-14/h3-11H,12,19H2,1-2H3. The van der Waals surface area contributed by atoms with Crippen LogP contribution in [0.25, 0.3) is 10.8 Å². The average Bonchev–Trinajstić information content (AvgIpc) is 2.51. The maximum absolute atomic E-state index is 6.10. The van der Waals surface area contributed by atoms with Gasteiger partial charge in [-0.05, 0) is 30.2 Å². The van der Waals surface area contributed by atoms with Gasteiger partial charge in [0.1, 0.15) is 5.82 Å². The van der Waals surface area contributed by atoms with Crippen LogP contribution in [0.3, 0.4) is 0 Å². The lowest BCUT2D eigenvalue weighted by Crippen LogP contribution is -2.18. The van der Waals surface area contributed by atoms with E-state index in [-0.39, 0.29) is 0 Å². The molecule has 3 nitrogen and oxygen atoms in total. The van der Waals surface area contributed by atoms with Gasteiger partial charge in [-0.15, -0.1) is 0 Å². The van der Waals surface area contributed by atoms with Crippen LogP contribution in [0, 0.1) is 6.92 Å². The van der Waals surface area contributed by atoms with Gasteiger partial charge in [0.15, 0.2) is 0 Å². The molecule has 1 heterocycles. The zero-order chi connectivity index (χ0) is 14.8. The number of hydrogen-bond donors (Lipinski definition) is 1. The molecule has 3 heteroatoms. The van der Waals surface area contributed by atoms with Gasteiger partial charge < -0.3 is 10.6 Å². The van der Waals surface area contributed by atoms with E-state index in [1.807, 2.05) is 24.4 Å². The van der Waals surface area contributed by atoms with E-state index >= 15 is 0 Å². The van der Waals surface area contributed by atoms with Crippen molar-refractivity contribution < 1.29 is 0 Å². The van der Waals surface area contributed by atoms with Gasteiger partial charge >= 0.3 is 0 Å². The molecule has 0 aliphatic carbocycles. The number of rotatable bonds is 3. The highest BCUT2D eigenvalue weighted by atomic mass is 15.2. The topological polar surface area (TPSA) is 42.1 Å². The Hall–Kier alpha value is -2.55. The highest BCUT2D eigenvalue weighted by Crippen LogP contribution is 2.31. The molecule has 0 fully saturated rings. The molecule has 0 aliphatic rings.